The summed E-state index contributed by atoms with van der Waals surface area (Å²) >= 11 is 1.76. The van der Waals surface area contributed by atoms with E-state index in [-0.39, 0.29) is 0 Å². The summed E-state index contributed by atoms with van der Waals surface area (Å²) in [6, 6.07) is 0.401. The predicted octanol–water partition coefficient (Wildman–Crippen LogP) is 1.03. The fourth-order valence-electron chi connectivity index (χ4n) is 1.89. The van der Waals surface area contributed by atoms with Crippen molar-refractivity contribution in [1.29, 1.82) is 0 Å². The van der Waals surface area contributed by atoms with Crippen molar-refractivity contribution in [2.75, 3.05) is 19.6 Å². The minimum absolute atomic E-state index is 0.401. The van der Waals surface area contributed by atoms with Gasteiger partial charge >= 0.3 is 0 Å². The molecular weight excluding hydrogens is 194 g/mol. The van der Waals surface area contributed by atoms with Crippen LogP contribution in [0.4, 0.5) is 0 Å². The van der Waals surface area contributed by atoms with E-state index in [4.69, 9.17) is 5.73 Å². The zero-order valence-corrected chi connectivity index (χ0v) is 9.39. The SMILES string of the molecule is Cc1ncsc1CCN1CC[C@H](N)C1. The van der Waals surface area contributed by atoms with Crippen molar-refractivity contribution in [1.82, 2.24) is 9.88 Å². The fraction of sp³-hybridized carbons (Fsp3) is 0.700. The highest BCUT2D eigenvalue weighted by molar-refractivity contribution is 7.09. The van der Waals surface area contributed by atoms with Gasteiger partial charge in [-0.3, -0.25) is 0 Å². The molecule has 1 aromatic rings. The minimum Gasteiger partial charge on any atom is -0.326 e. The highest BCUT2D eigenvalue weighted by Gasteiger charge is 2.18. The fourth-order valence-corrected chi connectivity index (χ4v) is 2.66. The topological polar surface area (TPSA) is 42.2 Å². The molecule has 1 aromatic heterocycles. The van der Waals surface area contributed by atoms with Gasteiger partial charge in [0.15, 0.2) is 0 Å². The van der Waals surface area contributed by atoms with Crippen molar-refractivity contribution in [3.8, 4) is 0 Å². The molecule has 0 unspecified atom stereocenters. The van der Waals surface area contributed by atoms with Crippen molar-refractivity contribution in [3.05, 3.63) is 16.1 Å². The van der Waals surface area contributed by atoms with Crippen LogP contribution in [0.25, 0.3) is 0 Å². The number of aryl methyl sites for hydroxylation is 1. The van der Waals surface area contributed by atoms with Gasteiger partial charge in [0.05, 0.1) is 11.2 Å². The van der Waals surface area contributed by atoms with Gasteiger partial charge in [-0.25, -0.2) is 4.98 Å². The standard InChI is InChI=1S/C10H17N3S/c1-8-10(14-7-12-8)3-5-13-4-2-9(11)6-13/h7,9H,2-6,11H2,1H3/t9-/m0/s1. The summed E-state index contributed by atoms with van der Waals surface area (Å²) in [4.78, 5) is 8.12. The smallest absolute Gasteiger partial charge is 0.0797 e. The Morgan fingerprint density at radius 1 is 1.71 bits per heavy atom. The lowest BCUT2D eigenvalue weighted by molar-refractivity contribution is 0.339. The molecule has 78 valence electrons. The van der Waals surface area contributed by atoms with Gasteiger partial charge in [0.2, 0.25) is 0 Å². The maximum absolute atomic E-state index is 5.85. The number of nitrogens with zero attached hydrogens (tertiary/aromatic N) is 2. The summed E-state index contributed by atoms with van der Waals surface area (Å²) < 4.78 is 0. The van der Waals surface area contributed by atoms with E-state index in [1.54, 1.807) is 11.3 Å². The summed E-state index contributed by atoms with van der Waals surface area (Å²) in [7, 11) is 0. The van der Waals surface area contributed by atoms with Gasteiger partial charge in [-0.15, -0.1) is 11.3 Å². The molecule has 0 saturated carbocycles. The first kappa shape index (κ1) is 10.1. The second-order valence-electron chi connectivity index (χ2n) is 3.96. The van der Waals surface area contributed by atoms with Gasteiger partial charge in [0, 0.05) is 24.0 Å². The zero-order chi connectivity index (χ0) is 9.97. The van der Waals surface area contributed by atoms with Gasteiger partial charge in [-0.05, 0) is 26.3 Å². The predicted molar refractivity (Wildman–Crippen MR) is 59.6 cm³/mol. The number of hydrogen-bond donors (Lipinski definition) is 1. The molecule has 0 aliphatic carbocycles. The molecule has 1 aliphatic heterocycles. The third-order valence-electron chi connectivity index (χ3n) is 2.81. The summed E-state index contributed by atoms with van der Waals surface area (Å²) in [6.07, 6.45) is 2.28. The Bertz CT molecular complexity index is 297. The van der Waals surface area contributed by atoms with Crippen LogP contribution in [0.3, 0.4) is 0 Å². The first-order chi connectivity index (χ1) is 6.75. The molecule has 4 heteroatoms. The Balaban J connectivity index is 1.80. The van der Waals surface area contributed by atoms with E-state index in [1.807, 2.05) is 5.51 Å². The third-order valence-corrected chi connectivity index (χ3v) is 3.80. The van der Waals surface area contributed by atoms with Crippen LogP contribution in [-0.2, 0) is 6.42 Å². The van der Waals surface area contributed by atoms with Gasteiger partial charge in [-0.1, -0.05) is 0 Å². The number of hydrogen-bond acceptors (Lipinski definition) is 4. The van der Waals surface area contributed by atoms with E-state index in [2.05, 4.69) is 16.8 Å². The molecule has 2 N–H and O–H groups in total. The number of thiazole rings is 1. The van der Waals surface area contributed by atoms with Gasteiger partial charge in [0.1, 0.15) is 0 Å². The van der Waals surface area contributed by atoms with Crippen molar-refractivity contribution < 1.29 is 0 Å². The molecule has 0 spiro atoms. The minimum atomic E-state index is 0.401. The Labute approximate surface area is 88.9 Å². The molecule has 1 saturated heterocycles. The Morgan fingerprint density at radius 2 is 2.57 bits per heavy atom. The average molecular weight is 211 g/mol. The van der Waals surface area contributed by atoms with Crippen molar-refractivity contribution in [3.63, 3.8) is 0 Å². The second kappa shape index (κ2) is 4.38. The quantitative estimate of drug-likeness (QED) is 0.812. The molecule has 0 radical (unpaired) electrons. The number of likely N-dealkylation sites (tertiary alicyclic amines) is 1. The van der Waals surface area contributed by atoms with E-state index in [1.165, 1.54) is 17.1 Å². The highest BCUT2D eigenvalue weighted by atomic mass is 32.1. The van der Waals surface area contributed by atoms with Crippen LogP contribution in [0.1, 0.15) is 17.0 Å². The van der Waals surface area contributed by atoms with Crippen molar-refractivity contribution in [2.24, 2.45) is 5.73 Å². The zero-order valence-electron chi connectivity index (χ0n) is 8.57. The normalized spacial score (nSPS) is 23.1. The number of aromatic nitrogens is 1. The maximum atomic E-state index is 5.85. The molecule has 3 nitrogen and oxygen atoms in total. The van der Waals surface area contributed by atoms with Crippen LogP contribution in [-0.4, -0.2) is 35.6 Å². The van der Waals surface area contributed by atoms with Crippen LogP contribution in [0.5, 0.6) is 0 Å². The van der Waals surface area contributed by atoms with E-state index in [9.17, 15) is 0 Å². The molecule has 0 amide bonds. The number of nitrogens with two attached hydrogens (primary N) is 1. The molecule has 14 heavy (non-hydrogen) atoms. The van der Waals surface area contributed by atoms with Gasteiger partial charge < -0.3 is 10.6 Å². The molecule has 1 atom stereocenters. The Morgan fingerprint density at radius 3 is 3.14 bits per heavy atom. The summed E-state index contributed by atoms with van der Waals surface area (Å²) in [5, 5.41) is 0. The lowest BCUT2D eigenvalue weighted by Gasteiger charge is -2.14. The summed E-state index contributed by atoms with van der Waals surface area (Å²) in [5.41, 5.74) is 8.98. The molecule has 0 aromatic carbocycles. The lowest BCUT2D eigenvalue weighted by Crippen LogP contribution is -2.28. The number of rotatable bonds is 3. The van der Waals surface area contributed by atoms with E-state index < -0.39 is 0 Å². The maximum Gasteiger partial charge on any atom is 0.0797 e. The van der Waals surface area contributed by atoms with Gasteiger partial charge in [-0.2, -0.15) is 0 Å². The first-order valence-electron chi connectivity index (χ1n) is 5.12. The molecule has 1 aliphatic rings. The van der Waals surface area contributed by atoms with Crippen LogP contribution in [0, 0.1) is 6.92 Å². The monoisotopic (exact) mass is 211 g/mol. The first-order valence-corrected chi connectivity index (χ1v) is 6.00. The van der Waals surface area contributed by atoms with Crippen LogP contribution in [0.15, 0.2) is 5.51 Å². The molecule has 0 bridgehead atoms. The summed E-state index contributed by atoms with van der Waals surface area (Å²) in [6.45, 7) is 5.45. The molecule has 2 heterocycles. The largest absolute Gasteiger partial charge is 0.326 e. The van der Waals surface area contributed by atoms with Crippen molar-refractivity contribution in [2.45, 2.75) is 25.8 Å². The van der Waals surface area contributed by atoms with Gasteiger partial charge in [0.25, 0.3) is 0 Å². The lowest BCUT2D eigenvalue weighted by atomic mass is 10.3. The molecular formula is C10H17N3S. The van der Waals surface area contributed by atoms with Crippen LogP contribution < -0.4 is 5.73 Å². The molecule has 2 rings (SSSR count). The van der Waals surface area contributed by atoms with Crippen LogP contribution >= 0.6 is 11.3 Å². The molecule has 1 fully saturated rings. The Hall–Kier alpha value is -0.450. The second-order valence-corrected chi connectivity index (χ2v) is 4.90. The van der Waals surface area contributed by atoms with Crippen LogP contribution in [0.2, 0.25) is 0 Å². The van der Waals surface area contributed by atoms with E-state index >= 15 is 0 Å². The highest BCUT2D eigenvalue weighted by Crippen LogP contribution is 2.14. The van der Waals surface area contributed by atoms with Crippen molar-refractivity contribution >= 4 is 11.3 Å². The van der Waals surface area contributed by atoms with E-state index in [0.717, 1.165) is 25.9 Å². The average Bonchev–Trinajstić information content (AvgIpc) is 2.72. The Kier molecular flexibility index (Phi) is 3.15. The van der Waals surface area contributed by atoms with E-state index in [0.29, 0.717) is 6.04 Å². The third kappa shape index (κ3) is 2.32. The summed E-state index contributed by atoms with van der Waals surface area (Å²) in [5.74, 6) is 0.